The summed E-state index contributed by atoms with van der Waals surface area (Å²) in [5.41, 5.74) is 3.04. The monoisotopic (exact) mass is 192 g/mol. The zero-order valence-electron chi connectivity index (χ0n) is 8.80. The number of hydrogen-bond acceptors (Lipinski definition) is 2. The fourth-order valence-corrected chi connectivity index (χ4v) is 2.03. The predicted octanol–water partition coefficient (Wildman–Crippen LogP) is 2.93. The van der Waals surface area contributed by atoms with Crippen LogP contribution in [0.3, 0.4) is 0 Å². The molecule has 2 aliphatic carbocycles. The molecule has 0 aromatic rings. The number of hydrogen-bond donors (Lipinski definition) is 0. The van der Waals surface area contributed by atoms with Crippen LogP contribution in [-0.2, 0) is 9.47 Å². The first-order valence-corrected chi connectivity index (χ1v) is 4.99. The van der Waals surface area contributed by atoms with E-state index in [9.17, 15) is 0 Å². The summed E-state index contributed by atoms with van der Waals surface area (Å²) in [5, 5.41) is 0. The van der Waals surface area contributed by atoms with Crippen LogP contribution in [0.2, 0.25) is 0 Å². The Morgan fingerprint density at radius 2 is 1.29 bits per heavy atom. The van der Waals surface area contributed by atoms with Crippen molar-refractivity contribution in [2.75, 3.05) is 14.2 Å². The Kier molecular flexibility index (Phi) is 2.62. The Hall–Kier alpha value is -1.18. The summed E-state index contributed by atoms with van der Waals surface area (Å²) in [6, 6.07) is 0. The molecule has 0 spiro atoms. The molecule has 0 saturated carbocycles. The second-order valence-corrected chi connectivity index (χ2v) is 3.72. The van der Waals surface area contributed by atoms with Crippen molar-refractivity contribution < 1.29 is 9.47 Å². The molecule has 0 heterocycles. The molecule has 2 heteroatoms. The molecule has 0 atom stereocenters. The molecule has 0 amide bonds. The summed E-state index contributed by atoms with van der Waals surface area (Å²) in [6.07, 6.45) is 8.38. The first-order valence-electron chi connectivity index (χ1n) is 4.99. The lowest BCUT2D eigenvalue weighted by molar-refractivity contribution is 0.269. The molecule has 0 unspecified atom stereocenters. The van der Waals surface area contributed by atoms with Gasteiger partial charge in [0.05, 0.1) is 25.7 Å². The van der Waals surface area contributed by atoms with E-state index < -0.39 is 0 Å². The second-order valence-electron chi connectivity index (χ2n) is 3.72. The third-order valence-electron chi connectivity index (χ3n) is 2.95. The molecule has 0 radical (unpaired) electrons. The molecule has 0 saturated heterocycles. The summed E-state index contributed by atoms with van der Waals surface area (Å²) in [5.74, 6) is 2.22. The lowest BCUT2D eigenvalue weighted by Gasteiger charge is -2.24. The lowest BCUT2D eigenvalue weighted by Crippen LogP contribution is -2.07. The van der Waals surface area contributed by atoms with E-state index in [0.29, 0.717) is 0 Å². The van der Waals surface area contributed by atoms with E-state index in [1.54, 1.807) is 14.2 Å². The van der Waals surface area contributed by atoms with Gasteiger partial charge in [0, 0.05) is 12.8 Å². The van der Waals surface area contributed by atoms with Gasteiger partial charge >= 0.3 is 0 Å². The summed E-state index contributed by atoms with van der Waals surface area (Å²) in [6.45, 7) is 0. The minimum Gasteiger partial charge on any atom is -0.501 e. The average Bonchev–Trinajstić information content (AvgIpc) is 2.27. The summed E-state index contributed by atoms with van der Waals surface area (Å²) < 4.78 is 10.5. The van der Waals surface area contributed by atoms with Gasteiger partial charge in [0.15, 0.2) is 0 Å². The fraction of sp³-hybridized carbons (Fsp3) is 0.500. The lowest BCUT2D eigenvalue weighted by atomic mass is 9.87. The van der Waals surface area contributed by atoms with E-state index >= 15 is 0 Å². The van der Waals surface area contributed by atoms with Crippen LogP contribution in [0.5, 0.6) is 0 Å². The van der Waals surface area contributed by atoms with Crippen LogP contribution >= 0.6 is 0 Å². The molecule has 0 fully saturated rings. The highest BCUT2D eigenvalue weighted by molar-refractivity contribution is 5.34. The summed E-state index contributed by atoms with van der Waals surface area (Å²) in [7, 11) is 3.49. The van der Waals surface area contributed by atoms with Crippen molar-refractivity contribution in [3.05, 3.63) is 34.8 Å². The molecule has 0 bridgehead atoms. The van der Waals surface area contributed by atoms with Crippen molar-refractivity contribution in [3.8, 4) is 0 Å². The summed E-state index contributed by atoms with van der Waals surface area (Å²) >= 11 is 0. The van der Waals surface area contributed by atoms with Gasteiger partial charge in [-0.15, -0.1) is 0 Å². The minimum absolute atomic E-state index is 0.985. The standard InChI is InChI=1S/C12H16O2/c1-13-11-5-3-10-8-12(14-2)6-4-9(10)7-11/h5-6H,3-4,7-8H2,1-2H3. The largest absolute Gasteiger partial charge is 0.501 e. The number of ether oxygens (including phenoxy) is 2. The normalized spacial score (nSPS) is 21.0. The van der Waals surface area contributed by atoms with Crippen LogP contribution in [0.4, 0.5) is 0 Å². The molecular formula is C12H16O2. The van der Waals surface area contributed by atoms with Gasteiger partial charge in [0.2, 0.25) is 0 Å². The van der Waals surface area contributed by atoms with Crippen LogP contribution in [-0.4, -0.2) is 14.2 Å². The molecule has 0 aromatic heterocycles. The highest BCUT2D eigenvalue weighted by Gasteiger charge is 2.18. The quantitative estimate of drug-likeness (QED) is 0.626. The summed E-state index contributed by atoms with van der Waals surface area (Å²) in [4.78, 5) is 0. The van der Waals surface area contributed by atoms with Crippen molar-refractivity contribution in [1.29, 1.82) is 0 Å². The Bertz CT molecular complexity index is 289. The number of rotatable bonds is 2. The highest BCUT2D eigenvalue weighted by Crippen LogP contribution is 2.34. The van der Waals surface area contributed by atoms with Gasteiger partial charge < -0.3 is 9.47 Å². The van der Waals surface area contributed by atoms with Crippen LogP contribution in [0.25, 0.3) is 0 Å². The van der Waals surface area contributed by atoms with Crippen LogP contribution in [0.15, 0.2) is 34.8 Å². The smallest absolute Gasteiger partial charge is 0.0959 e. The minimum atomic E-state index is 0.985. The Morgan fingerprint density at radius 1 is 0.857 bits per heavy atom. The molecule has 2 aliphatic rings. The van der Waals surface area contributed by atoms with E-state index in [-0.39, 0.29) is 0 Å². The Balaban J connectivity index is 2.06. The third kappa shape index (κ3) is 1.69. The molecule has 14 heavy (non-hydrogen) atoms. The maximum atomic E-state index is 5.27. The van der Waals surface area contributed by atoms with Crippen molar-refractivity contribution in [2.45, 2.75) is 25.7 Å². The number of allylic oxidation sites excluding steroid dienone is 4. The van der Waals surface area contributed by atoms with Gasteiger partial charge in [-0.05, 0) is 25.0 Å². The molecule has 76 valence electrons. The molecule has 0 N–H and O–H groups in total. The van der Waals surface area contributed by atoms with Gasteiger partial charge in [-0.25, -0.2) is 0 Å². The first kappa shape index (κ1) is 9.38. The predicted molar refractivity (Wildman–Crippen MR) is 55.7 cm³/mol. The van der Waals surface area contributed by atoms with Crippen LogP contribution in [0, 0.1) is 0 Å². The zero-order valence-corrected chi connectivity index (χ0v) is 8.80. The van der Waals surface area contributed by atoms with Gasteiger partial charge in [0.1, 0.15) is 0 Å². The SMILES string of the molecule is COC1=CCC2=C(CC=C(OC)C2)C1. The maximum Gasteiger partial charge on any atom is 0.0959 e. The topological polar surface area (TPSA) is 18.5 Å². The van der Waals surface area contributed by atoms with E-state index in [2.05, 4.69) is 12.2 Å². The van der Waals surface area contributed by atoms with Gasteiger partial charge in [-0.1, -0.05) is 11.1 Å². The van der Waals surface area contributed by atoms with E-state index in [0.717, 1.165) is 37.2 Å². The van der Waals surface area contributed by atoms with E-state index in [1.807, 2.05) is 0 Å². The first-order chi connectivity index (χ1) is 6.83. The van der Waals surface area contributed by atoms with Crippen molar-refractivity contribution >= 4 is 0 Å². The Morgan fingerprint density at radius 3 is 1.64 bits per heavy atom. The Labute approximate surface area is 84.9 Å². The van der Waals surface area contributed by atoms with Crippen molar-refractivity contribution in [1.82, 2.24) is 0 Å². The van der Waals surface area contributed by atoms with Gasteiger partial charge in [0.25, 0.3) is 0 Å². The fourth-order valence-electron chi connectivity index (χ4n) is 2.03. The second kappa shape index (κ2) is 3.91. The molecular weight excluding hydrogens is 176 g/mol. The molecule has 0 aromatic carbocycles. The van der Waals surface area contributed by atoms with Crippen LogP contribution in [0.1, 0.15) is 25.7 Å². The maximum absolute atomic E-state index is 5.27. The number of methoxy groups -OCH3 is 2. The molecule has 2 rings (SSSR count). The van der Waals surface area contributed by atoms with Gasteiger partial charge in [-0.2, -0.15) is 0 Å². The van der Waals surface area contributed by atoms with Crippen LogP contribution < -0.4 is 0 Å². The average molecular weight is 192 g/mol. The molecule has 0 aliphatic heterocycles. The van der Waals surface area contributed by atoms with Crippen molar-refractivity contribution in [3.63, 3.8) is 0 Å². The zero-order chi connectivity index (χ0) is 9.97. The van der Waals surface area contributed by atoms with E-state index in [1.165, 1.54) is 11.1 Å². The van der Waals surface area contributed by atoms with E-state index in [4.69, 9.17) is 9.47 Å². The molecule has 2 nitrogen and oxygen atoms in total. The highest BCUT2D eigenvalue weighted by atomic mass is 16.5. The van der Waals surface area contributed by atoms with Crippen molar-refractivity contribution in [2.24, 2.45) is 0 Å². The third-order valence-corrected chi connectivity index (χ3v) is 2.95. The van der Waals surface area contributed by atoms with Gasteiger partial charge in [-0.3, -0.25) is 0 Å².